The number of fused-ring (bicyclic) bond motifs is 1. The van der Waals surface area contributed by atoms with Crippen LogP contribution in [-0.4, -0.2) is 15.3 Å². The first-order valence-corrected chi connectivity index (χ1v) is 11.2. The Bertz CT molecular complexity index is 1370. The van der Waals surface area contributed by atoms with Gasteiger partial charge in [0.2, 0.25) is 5.91 Å². The number of nitrogens with zero attached hydrogens (tertiary/aromatic N) is 2. The molecule has 1 amide bonds. The van der Waals surface area contributed by atoms with E-state index in [1.165, 1.54) is 0 Å². The van der Waals surface area contributed by atoms with Gasteiger partial charge in [-0.25, -0.2) is 4.98 Å². The topological polar surface area (TPSA) is 59.5 Å². The zero-order valence-corrected chi connectivity index (χ0v) is 18.6. The van der Waals surface area contributed by atoms with E-state index >= 15 is 0 Å². The number of nitrogens with one attached hydrogen (secondary N) is 1. The summed E-state index contributed by atoms with van der Waals surface area (Å²) in [6.07, 6.45) is 4.57. The molecule has 0 aliphatic heterocycles. The van der Waals surface area contributed by atoms with E-state index in [2.05, 4.69) is 34.1 Å². The predicted octanol–water partition coefficient (Wildman–Crippen LogP) is 6.16. The number of amides is 1. The van der Waals surface area contributed by atoms with Gasteiger partial charge >= 0.3 is 0 Å². The number of halogens is 1. The van der Waals surface area contributed by atoms with Crippen LogP contribution in [0.4, 0.5) is 0 Å². The summed E-state index contributed by atoms with van der Waals surface area (Å²) < 4.78 is 7.38. The van der Waals surface area contributed by atoms with E-state index in [4.69, 9.17) is 21.0 Å². The summed E-state index contributed by atoms with van der Waals surface area (Å²) in [4.78, 5) is 17.4. The van der Waals surface area contributed by atoms with Gasteiger partial charge in [0.15, 0.2) is 0 Å². The van der Waals surface area contributed by atoms with Crippen LogP contribution in [-0.2, 0) is 17.8 Å². The van der Waals surface area contributed by atoms with Gasteiger partial charge in [-0.15, -0.1) is 0 Å². The lowest BCUT2D eigenvalue weighted by atomic mass is 10.1. The lowest BCUT2D eigenvalue weighted by Gasteiger charge is -2.08. The van der Waals surface area contributed by atoms with Gasteiger partial charge in [-0.3, -0.25) is 4.79 Å². The van der Waals surface area contributed by atoms with E-state index < -0.39 is 0 Å². The van der Waals surface area contributed by atoms with Crippen molar-refractivity contribution in [2.45, 2.75) is 19.4 Å². The molecule has 3 aromatic heterocycles. The number of hydrogen-bond acceptors (Lipinski definition) is 3. The van der Waals surface area contributed by atoms with Crippen LogP contribution in [0.5, 0.6) is 0 Å². The quantitative estimate of drug-likeness (QED) is 0.319. The highest BCUT2D eigenvalue weighted by molar-refractivity contribution is 6.30. The number of pyridine rings is 1. The Kier molecular flexibility index (Phi) is 5.96. The lowest BCUT2D eigenvalue weighted by molar-refractivity contribution is -0.121. The van der Waals surface area contributed by atoms with E-state index in [0.29, 0.717) is 24.4 Å². The number of carbonyl (C=O) groups excluding carboxylic acids is 1. The Labute approximate surface area is 196 Å². The molecule has 0 radical (unpaired) electrons. The summed E-state index contributed by atoms with van der Waals surface area (Å²) in [6.45, 7) is 0.376. The zero-order valence-electron chi connectivity index (χ0n) is 17.9. The smallest absolute Gasteiger partial charge is 0.220 e. The van der Waals surface area contributed by atoms with E-state index in [1.54, 1.807) is 6.26 Å². The monoisotopic (exact) mass is 455 g/mol. The third kappa shape index (κ3) is 4.69. The Morgan fingerprint density at radius 1 is 0.909 bits per heavy atom. The highest BCUT2D eigenvalue weighted by atomic mass is 35.5. The molecule has 5 nitrogen and oxygen atoms in total. The van der Waals surface area contributed by atoms with Crippen molar-refractivity contribution in [3.8, 4) is 22.4 Å². The fourth-order valence-corrected chi connectivity index (χ4v) is 4.02. The van der Waals surface area contributed by atoms with Gasteiger partial charge in [0.25, 0.3) is 0 Å². The molecule has 1 N–H and O–H groups in total. The Morgan fingerprint density at radius 2 is 1.70 bits per heavy atom. The van der Waals surface area contributed by atoms with E-state index in [-0.39, 0.29) is 5.91 Å². The van der Waals surface area contributed by atoms with Crippen LogP contribution >= 0.6 is 11.6 Å². The second-order valence-corrected chi connectivity index (χ2v) is 8.22. The molecule has 0 saturated heterocycles. The number of hydrogen-bond donors (Lipinski definition) is 1. The molecule has 0 aliphatic rings. The molecule has 0 unspecified atom stereocenters. The molecule has 33 heavy (non-hydrogen) atoms. The minimum absolute atomic E-state index is 0.0392. The Balaban J connectivity index is 1.48. The zero-order chi connectivity index (χ0) is 22.6. The number of furan rings is 1. The van der Waals surface area contributed by atoms with Crippen LogP contribution < -0.4 is 5.32 Å². The fraction of sp³-hybridized carbons (Fsp3) is 0.111. The molecule has 0 spiro atoms. The van der Waals surface area contributed by atoms with Gasteiger partial charge in [0, 0.05) is 23.2 Å². The van der Waals surface area contributed by atoms with Crippen LogP contribution in [0.25, 0.3) is 28.0 Å². The number of carbonyl (C=O) groups is 1. The molecule has 164 valence electrons. The van der Waals surface area contributed by atoms with E-state index in [9.17, 15) is 4.79 Å². The molecule has 0 fully saturated rings. The molecule has 5 aromatic rings. The van der Waals surface area contributed by atoms with Gasteiger partial charge in [-0.05, 0) is 53.9 Å². The van der Waals surface area contributed by atoms with Crippen LogP contribution in [0.15, 0.2) is 95.7 Å². The molecule has 5 rings (SSSR count). The normalized spacial score (nSPS) is 11.1. The first-order chi connectivity index (χ1) is 16.2. The van der Waals surface area contributed by atoms with E-state index in [0.717, 1.165) is 39.5 Å². The van der Waals surface area contributed by atoms with Gasteiger partial charge in [-0.1, -0.05) is 54.1 Å². The highest BCUT2D eigenvalue weighted by Crippen LogP contribution is 2.29. The van der Waals surface area contributed by atoms with Crippen molar-refractivity contribution < 1.29 is 9.21 Å². The Morgan fingerprint density at radius 3 is 2.45 bits per heavy atom. The van der Waals surface area contributed by atoms with Crippen molar-refractivity contribution in [1.29, 1.82) is 0 Å². The van der Waals surface area contributed by atoms with Crippen molar-refractivity contribution in [2.75, 3.05) is 0 Å². The third-order valence-corrected chi connectivity index (χ3v) is 5.82. The van der Waals surface area contributed by atoms with Crippen LogP contribution in [0.3, 0.4) is 0 Å². The summed E-state index contributed by atoms with van der Waals surface area (Å²) in [5, 5.41) is 3.59. The van der Waals surface area contributed by atoms with Crippen LogP contribution in [0.1, 0.15) is 17.9 Å². The minimum Gasteiger partial charge on any atom is -0.467 e. The number of aryl methyl sites for hydroxylation is 1. The maximum atomic E-state index is 12.6. The third-order valence-electron chi connectivity index (χ3n) is 5.57. The second-order valence-electron chi connectivity index (χ2n) is 7.78. The first kappa shape index (κ1) is 21.0. The largest absolute Gasteiger partial charge is 0.467 e. The highest BCUT2D eigenvalue weighted by Gasteiger charge is 2.16. The van der Waals surface area contributed by atoms with E-state index in [1.807, 2.05) is 60.7 Å². The van der Waals surface area contributed by atoms with Gasteiger partial charge in [0.05, 0.1) is 24.2 Å². The van der Waals surface area contributed by atoms with Crippen molar-refractivity contribution >= 4 is 23.2 Å². The van der Waals surface area contributed by atoms with Crippen LogP contribution in [0.2, 0.25) is 5.02 Å². The summed E-state index contributed by atoms with van der Waals surface area (Å²) in [7, 11) is 0. The number of aromatic nitrogens is 2. The molecule has 0 atom stereocenters. The molecular formula is C27H22ClN3O2. The van der Waals surface area contributed by atoms with Crippen LogP contribution in [0, 0.1) is 0 Å². The molecule has 6 heteroatoms. The van der Waals surface area contributed by atoms with Crippen molar-refractivity contribution in [3.05, 3.63) is 108 Å². The molecule has 0 saturated carbocycles. The minimum atomic E-state index is -0.0392. The molecule has 3 heterocycles. The summed E-state index contributed by atoms with van der Waals surface area (Å²) in [5.41, 5.74) is 5.87. The summed E-state index contributed by atoms with van der Waals surface area (Å²) >= 11 is 6.10. The standard InChI is InChI=1S/C27H22ClN3O2/c28-22-11-8-20(9-12-22)27-24(13-15-26(32)29-17-23-7-4-16-33-23)31-18-21(10-14-25(31)30-27)19-5-2-1-3-6-19/h1-12,14,16,18H,13,15,17H2,(H,29,32). The van der Waals surface area contributed by atoms with Crippen molar-refractivity contribution in [3.63, 3.8) is 0 Å². The number of rotatable bonds is 7. The van der Waals surface area contributed by atoms with Gasteiger partial charge in [0.1, 0.15) is 11.4 Å². The number of imidazole rings is 1. The van der Waals surface area contributed by atoms with Crippen molar-refractivity contribution in [1.82, 2.24) is 14.7 Å². The van der Waals surface area contributed by atoms with Gasteiger partial charge < -0.3 is 14.1 Å². The first-order valence-electron chi connectivity index (χ1n) is 10.8. The SMILES string of the molecule is O=C(CCc1c(-c2ccc(Cl)cc2)nc2ccc(-c3ccccc3)cn12)NCc1ccco1. The summed E-state index contributed by atoms with van der Waals surface area (Å²) in [5.74, 6) is 0.690. The fourth-order valence-electron chi connectivity index (χ4n) is 3.89. The van der Waals surface area contributed by atoms with Gasteiger partial charge in [-0.2, -0.15) is 0 Å². The maximum absolute atomic E-state index is 12.6. The molecule has 0 aliphatic carbocycles. The average molecular weight is 456 g/mol. The Hall–Kier alpha value is -3.83. The molecule has 2 aromatic carbocycles. The maximum Gasteiger partial charge on any atom is 0.220 e. The van der Waals surface area contributed by atoms with Crippen molar-refractivity contribution in [2.24, 2.45) is 0 Å². The number of benzene rings is 2. The predicted molar refractivity (Wildman–Crippen MR) is 130 cm³/mol. The molecule has 0 bridgehead atoms. The average Bonchev–Trinajstić information content (AvgIpc) is 3.50. The lowest BCUT2D eigenvalue weighted by Crippen LogP contribution is -2.23. The molecular weight excluding hydrogens is 434 g/mol. The second kappa shape index (κ2) is 9.35. The summed E-state index contributed by atoms with van der Waals surface area (Å²) in [6, 6.07) is 25.6.